The van der Waals surface area contributed by atoms with Crippen LogP contribution in [0.15, 0.2) is 65.4 Å². The molecule has 1 atom stereocenters. The van der Waals surface area contributed by atoms with Crippen molar-refractivity contribution >= 4 is 80.6 Å². The maximum Gasteiger partial charge on any atom is 0.338 e. The number of halogens is 2. The quantitative estimate of drug-likeness (QED) is 0.0776. The van der Waals surface area contributed by atoms with E-state index >= 15 is 0 Å². The Morgan fingerprint density at radius 1 is 1.24 bits per heavy atom. The molecule has 1 aliphatic rings. The molecule has 0 aromatic heterocycles. The smallest absolute Gasteiger partial charge is 0.338 e. The fourth-order valence-corrected chi connectivity index (χ4v) is 5.89. The second kappa shape index (κ2) is 14.4. The van der Waals surface area contributed by atoms with Crippen LogP contribution in [0.25, 0.3) is 0 Å². The monoisotopic (exact) mass is 760 g/mol. The molecule has 0 saturated heterocycles. The molecule has 3 N–H and O–H groups in total. The maximum absolute atomic E-state index is 12.7. The number of amides is 1. The van der Waals surface area contributed by atoms with Crippen molar-refractivity contribution in [2.45, 2.75) is 19.9 Å². The van der Waals surface area contributed by atoms with Crippen LogP contribution in [-0.2, 0) is 14.3 Å². The molecule has 0 radical (unpaired) electrons. The number of nitrogens with zero attached hydrogens (tertiary/aromatic N) is 1. The van der Waals surface area contributed by atoms with Gasteiger partial charge in [0, 0.05) is 20.4 Å². The van der Waals surface area contributed by atoms with Gasteiger partial charge in [0.15, 0.2) is 11.7 Å². The summed E-state index contributed by atoms with van der Waals surface area (Å²) >= 11 is 9.70. The van der Waals surface area contributed by atoms with E-state index < -0.39 is 17.9 Å². The average molecular weight is 760 g/mol. The van der Waals surface area contributed by atoms with Crippen LogP contribution in [0.3, 0.4) is 0 Å². The number of allylic oxidation sites excluding steroid dienone is 1. The number of carbonyl (C=O) groups is 2. The van der Waals surface area contributed by atoms with E-state index in [4.69, 9.17) is 26.4 Å². The van der Waals surface area contributed by atoms with Crippen molar-refractivity contribution < 1.29 is 23.8 Å². The standard InChI is InChI=1S/C26H26I2N4O5S/c1-4-10-36-24-16(11-17(27)12-19(24)28)13-29-32-21(33)14-37-20-9-7-6-8-18(20)23-22(25(34)35-5-2)15(3)30-26(38)31-23/h4,6-9,11-13,23H,1,5,10,14H2,2-3H3,(H,32,33)(H2,30,31,38)/t23-/m1/s1. The Balaban J connectivity index is 1.72. The van der Waals surface area contributed by atoms with Gasteiger partial charge in [-0.05, 0) is 89.4 Å². The summed E-state index contributed by atoms with van der Waals surface area (Å²) in [5, 5.41) is 10.5. The summed E-state index contributed by atoms with van der Waals surface area (Å²) in [5.74, 6) is 0.134. The van der Waals surface area contributed by atoms with Gasteiger partial charge in [0.2, 0.25) is 0 Å². The molecular formula is C26H26I2N4O5S. The first-order valence-corrected chi connectivity index (χ1v) is 14.0. The zero-order chi connectivity index (χ0) is 27.7. The third-order valence-corrected chi connectivity index (χ3v) is 6.77. The minimum Gasteiger partial charge on any atom is -0.488 e. The molecule has 2 aromatic rings. The van der Waals surface area contributed by atoms with Gasteiger partial charge in [-0.3, -0.25) is 4.79 Å². The van der Waals surface area contributed by atoms with Gasteiger partial charge in [-0.2, -0.15) is 5.10 Å². The molecule has 9 nitrogen and oxygen atoms in total. The van der Waals surface area contributed by atoms with Crippen LogP contribution in [0.1, 0.15) is 31.0 Å². The molecule has 0 spiro atoms. The summed E-state index contributed by atoms with van der Waals surface area (Å²) in [6, 6.07) is 10.4. The first kappa shape index (κ1) is 29.8. The molecule has 12 heteroatoms. The number of nitrogens with one attached hydrogen (secondary N) is 3. The molecule has 0 unspecified atom stereocenters. The molecule has 0 saturated carbocycles. The SMILES string of the molecule is C=CCOc1c(I)cc(I)cc1C=NNC(=O)COc1ccccc1[C@H]1NC(=S)NC(C)=C1C(=O)OCC. The number of hydrogen-bond acceptors (Lipinski definition) is 7. The van der Waals surface area contributed by atoms with Crippen LogP contribution in [-0.4, -0.2) is 43.0 Å². The van der Waals surface area contributed by atoms with E-state index in [0.29, 0.717) is 40.1 Å². The fourth-order valence-electron chi connectivity index (χ4n) is 3.58. The lowest BCUT2D eigenvalue weighted by Crippen LogP contribution is -2.45. The number of rotatable bonds is 11. The second-order valence-corrected chi connectivity index (χ2v) is 10.6. The molecule has 200 valence electrons. The lowest BCUT2D eigenvalue weighted by atomic mass is 9.95. The minimum atomic E-state index is -0.614. The zero-order valence-corrected chi connectivity index (χ0v) is 25.8. The highest BCUT2D eigenvalue weighted by Gasteiger charge is 2.32. The highest BCUT2D eigenvalue weighted by Crippen LogP contribution is 2.33. The molecule has 3 rings (SSSR count). The van der Waals surface area contributed by atoms with E-state index in [9.17, 15) is 9.59 Å². The lowest BCUT2D eigenvalue weighted by molar-refractivity contribution is -0.139. The molecule has 1 aliphatic heterocycles. The largest absolute Gasteiger partial charge is 0.488 e. The molecule has 0 bridgehead atoms. The predicted octanol–water partition coefficient (Wildman–Crippen LogP) is 4.35. The van der Waals surface area contributed by atoms with Crippen LogP contribution in [0.4, 0.5) is 0 Å². The third-order valence-electron chi connectivity index (χ3n) is 5.13. The summed E-state index contributed by atoms with van der Waals surface area (Å²) in [4.78, 5) is 25.2. The summed E-state index contributed by atoms with van der Waals surface area (Å²) in [5.41, 5.74) is 4.79. The number of esters is 1. The van der Waals surface area contributed by atoms with Crippen LogP contribution in [0.5, 0.6) is 11.5 Å². The average Bonchev–Trinajstić information content (AvgIpc) is 2.86. The highest BCUT2D eigenvalue weighted by atomic mass is 127. The first-order valence-electron chi connectivity index (χ1n) is 11.5. The molecule has 1 heterocycles. The van der Waals surface area contributed by atoms with Gasteiger partial charge >= 0.3 is 5.97 Å². The number of thiocarbonyl (C=S) groups is 1. The number of hydrogen-bond donors (Lipinski definition) is 3. The van der Waals surface area contributed by atoms with Gasteiger partial charge in [0.25, 0.3) is 5.91 Å². The van der Waals surface area contributed by atoms with E-state index in [1.807, 2.05) is 18.2 Å². The van der Waals surface area contributed by atoms with E-state index in [2.05, 4.69) is 72.9 Å². The number of para-hydroxylation sites is 1. The van der Waals surface area contributed by atoms with Crippen molar-refractivity contribution in [2.24, 2.45) is 5.10 Å². The first-order chi connectivity index (χ1) is 18.2. The number of benzene rings is 2. The van der Waals surface area contributed by atoms with E-state index in [-0.39, 0.29) is 13.2 Å². The van der Waals surface area contributed by atoms with Gasteiger partial charge < -0.3 is 24.8 Å². The second-order valence-electron chi connectivity index (χ2n) is 7.82. The third kappa shape index (κ3) is 7.89. The maximum atomic E-state index is 12.7. The van der Waals surface area contributed by atoms with Crippen molar-refractivity contribution in [3.63, 3.8) is 0 Å². The van der Waals surface area contributed by atoms with E-state index in [1.54, 1.807) is 38.1 Å². The molecule has 0 aliphatic carbocycles. The fraction of sp³-hybridized carbons (Fsp3) is 0.231. The van der Waals surface area contributed by atoms with Gasteiger partial charge in [0.05, 0.1) is 28.0 Å². The summed E-state index contributed by atoms with van der Waals surface area (Å²) < 4.78 is 18.7. The number of ether oxygens (including phenoxy) is 3. The Bertz CT molecular complexity index is 1300. The Morgan fingerprint density at radius 3 is 2.74 bits per heavy atom. The van der Waals surface area contributed by atoms with Gasteiger partial charge in [-0.25, -0.2) is 10.2 Å². The predicted molar refractivity (Wildman–Crippen MR) is 166 cm³/mol. The topological polar surface area (TPSA) is 110 Å². The van der Waals surface area contributed by atoms with Crippen molar-refractivity contribution in [1.29, 1.82) is 0 Å². The molecule has 0 fully saturated rings. The molecule has 38 heavy (non-hydrogen) atoms. The van der Waals surface area contributed by atoms with Crippen LogP contribution >= 0.6 is 57.4 Å². The zero-order valence-electron chi connectivity index (χ0n) is 20.7. The highest BCUT2D eigenvalue weighted by molar-refractivity contribution is 14.1. The Hall–Kier alpha value is -2.72. The van der Waals surface area contributed by atoms with Crippen LogP contribution in [0, 0.1) is 7.14 Å². The van der Waals surface area contributed by atoms with Gasteiger partial charge in [0.1, 0.15) is 18.1 Å². The van der Waals surface area contributed by atoms with Crippen molar-refractivity contribution in [3.05, 3.63) is 78.6 Å². The minimum absolute atomic E-state index is 0.231. The Morgan fingerprint density at radius 2 is 2.00 bits per heavy atom. The lowest BCUT2D eigenvalue weighted by Gasteiger charge is -2.30. The number of carbonyl (C=O) groups excluding carboxylic acids is 2. The van der Waals surface area contributed by atoms with Gasteiger partial charge in [-0.1, -0.05) is 30.9 Å². The van der Waals surface area contributed by atoms with E-state index in [1.165, 1.54) is 6.21 Å². The van der Waals surface area contributed by atoms with Crippen molar-refractivity contribution in [3.8, 4) is 11.5 Å². The van der Waals surface area contributed by atoms with Gasteiger partial charge in [-0.15, -0.1) is 0 Å². The molecule has 2 aromatic carbocycles. The van der Waals surface area contributed by atoms with Crippen LogP contribution in [0.2, 0.25) is 0 Å². The molecule has 1 amide bonds. The van der Waals surface area contributed by atoms with Crippen LogP contribution < -0.4 is 25.5 Å². The Labute approximate surface area is 253 Å². The van der Waals surface area contributed by atoms with E-state index in [0.717, 1.165) is 12.7 Å². The number of hydrazone groups is 1. The summed E-state index contributed by atoms with van der Waals surface area (Å²) in [6.07, 6.45) is 3.18. The van der Waals surface area contributed by atoms with Crippen molar-refractivity contribution in [1.82, 2.24) is 16.1 Å². The normalized spacial score (nSPS) is 14.9. The molecular weight excluding hydrogens is 734 g/mol. The Kier molecular flexibility index (Phi) is 11.3. The summed E-state index contributed by atoms with van der Waals surface area (Å²) in [7, 11) is 0. The van der Waals surface area contributed by atoms with Crippen molar-refractivity contribution in [2.75, 3.05) is 19.8 Å². The summed E-state index contributed by atoms with van der Waals surface area (Å²) in [6.45, 7) is 7.45.